The minimum absolute atomic E-state index is 0.0277. The molecule has 1 heterocycles. The summed E-state index contributed by atoms with van der Waals surface area (Å²) in [6, 6.07) is 10.7. The van der Waals surface area contributed by atoms with E-state index in [0.29, 0.717) is 33.9 Å². The van der Waals surface area contributed by atoms with E-state index in [1.807, 2.05) is 39.8 Å². The molecule has 0 radical (unpaired) electrons. The van der Waals surface area contributed by atoms with Gasteiger partial charge in [-0.1, -0.05) is 83.2 Å². The molecule has 1 aliphatic heterocycles. The fourth-order valence-electron chi connectivity index (χ4n) is 5.58. The van der Waals surface area contributed by atoms with E-state index < -0.39 is 27.3 Å². The molecular weight excluding hydrogens is 502 g/mol. The van der Waals surface area contributed by atoms with Crippen molar-refractivity contribution in [3.8, 4) is 0 Å². The maximum Gasteiger partial charge on any atom is 0.337 e. The maximum atomic E-state index is 15.3. The van der Waals surface area contributed by atoms with E-state index in [1.54, 1.807) is 31.2 Å². The first kappa shape index (κ1) is 28.2. The van der Waals surface area contributed by atoms with Gasteiger partial charge < -0.3 is 9.84 Å². The number of sulfonamides is 1. The van der Waals surface area contributed by atoms with Crippen LogP contribution in [-0.4, -0.2) is 30.9 Å². The Morgan fingerprint density at radius 2 is 1.66 bits per heavy atom. The van der Waals surface area contributed by atoms with Crippen molar-refractivity contribution in [2.24, 2.45) is 10.3 Å². The molecule has 2 aliphatic rings. The van der Waals surface area contributed by atoms with Crippen molar-refractivity contribution in [3.05, 3.63) is 64.2 Å². The number of benzene rings is 2. The first-order chi connectivity index (χ1) is 17.8. The number of fused-ring (bicyclic) bond motifs is 3. The van der Waals surface area contributed by atoms with Gasteiger partial charge in [-0.2, -0.15) is 12.8 Å². The molecule has 0 spiro atoms. The van der Waals surface area contributed by atoms with Crippen LogP contribution in [0.3, 0.4) is 0 Å². The predicted octanol–water partition coefficient (Wildman–Crippen LogP) is 5.28. The number of nitrogens with zero attached hydrogens (tertiary/aromatic N) is 3. The largest absolute Gasteiger partial charge is 0.826 e. The van der Waals surface area contributed by atoms with Gasteiger partial charge in [0.25, 0.3) is 10.0 Å². The maximum absolute atomic E-state index is 15.3. The SMILES string of the molecule is CCOC(=O)C12CCCc3ccccc3C1([O-])N(S(=O)(=O)c1c(C(C)C)cc(C(C)C)cc1C(C)C)N=N2. The molecule has 0 saturated carbocycles. The third-order valence-corrected chi connectivity index (χ3v) is 9.44. The lowest BCUT2D eigenvalue weighted by Crippen LogP contribution is -2.68. The van der Waals surface area contributed by atoms with Crippen LogP contribution in [0, 0.1) is 0 Å². The number of rotatable bonds is 7. The predicted molar refractivity (Wildman–Crippen MR) is 143 cm³/mol. The van der Waals surface area contributed by atoms with E-state index in [-0.39, 0.29) is 41.2 Å². The van der Waals surface area contributed by atoms with Crippen LogP contribution in [0.5, 0.6) is 0 Å². The standard InChI is InChI=1S/C29H38N3O5S/c1-8-37-27(33)28-15-11-13-21-12-9-10-14-25(21)29(28,34)32(31-30-28)38(35,36)26-23(19(4)5)16-22(18(2)3)17-24(26)20(6)7/h9-10,12,14,16-20H,8,11,13,15H2,1-7H3/q-1. The Labute approximate surface area is 226 Å². The Hall–Kier alpha value is -2.78. The first-order valence-electron chi connectivity index (χ1n) is 13.4. The smallest absolute Gasteiger partial charge is 0.337 e. The molecule has 206 valence electrons. The third-order valence-electron chi connectivity index (χ3n) is 7.67. The fourth-order valence-corrected chi connectivity index (χ4v) is 7.66. The van der Waals surface area contributed by atoms with Gasteiger partial charge in [0.1, 0.15) is 0 Å². The van der Waals surface area contributed by atoms with Crippen LogP contribution >= 0.6 is 0 Å². The van der Waals surface area contributed by atoms with Gasteiger partial charge in [-0.25, -0.2) is 4.79 Å². The van der Waals surface area contributed by atoms with Gasteiger partial charge in [0.2, 0.25) is 0 Å². The number of carbonyl (C=O) groups is 1. The normalized spacial score (nSPS) is 23.1. The quantitative estimate of drug-likeness (QED) is 0.444. The molecule has 1 aliphatic carbocycles. The molecule has 2 aromatic carbocycles. The molecule has 0 aromatic heterocycles. The van der Waals surface area contributed by atoms with E-state index in [1.165, 1.54) is 0 Å². The Morgan fingerprint density at radius 1 is 1.05 bits per heavy atom. The van der Waals surface area contributed by atoms with Gasteiger partial charge in [0, 0.05) is 0 Å². The van der Waals surface area contributed by atoms with Crippen molar-refractivity contribution in [1.29, 1.82) is 0 Å². The van der Waals surface area contributed by atoms with E-state index in [9.17, 15) is 13.2 Å². The summed E-state index contributed by atoms with van der Waals surface area (Å²) in [6.07, 6.45) is 1.01. The van der Waals surface area contributed by atoms with Crippen molar-refractivity contribution in [3.63, 3.8) is 0 Å². The van der Waals surface area contributed by atoms with Crippen LogP contribution in [0.1, 0.15) is 107 Å². The van der Waals surface area contributed by atoms with Crippen molar-refractivity contribution in [2.45, 2.75) is 102 Å². The van der Waals surface area contributed by atoms with Crippen LogP contribution < -0.4 is 5.11 Å². The summed E-state index contributed by atoms with van der Waals surface area (Å²) in [5.41, 5.74) is -1.53. The zero-order valence-electron chi connectivity index (χ0n) is 23.3. The van der Waals surface area contributed by atoms with E-state index in [4.69, 9.17) is 4.74 Å². The lowest BCUT2D eigenvalue weighted by Gasteiger charge is -2.50. The monoisotopic (exact) mass is 540 g/mol. The van der Waals surface area contributed by atoms with Crippen LogP contribution in [0.25, 0.3) is 0 Å². The molecule has 0 bridgehead atoms. The fraction of sp³-hybridized carbons (Fsp3) is 0.552. The van der Waals surface area contributed by atoms with E-state index in [2.05, 4.69) is 24.2 Å². The molecule has 2 unspecified atom stereocenters. The average molecular weight is 541 g/mol. The molecule has 0 saturated heterocycles. The zero-order valence-corrected chi connectivity index (χ0v) is 24.1. The number of hydrogen-bond donors (Lipinski definition) is 0. The Kier molecular flexibility index (Phi) is 7.49. The topological polar surface area (TPSA) is 111 Å². The summed E-state index contributed by atoms with van der Waals surface area (Å²) < 4.78 is 35.3. The Morgan fingerprint density at radius 3 is 2.21 bits per heavy atom. The molecule has 2 aromatic rings. The second kappa shape index (κ2) is 10.1. The summed E-state index contributed by atoms with van der Waals surface area (Å²) in [6.45, 7) is 13.6. The number of ether oxygens (including phenoxy) is 1. The number of esters is 1. The van der Waals surface area contributed by atoms with Crippen molar-refractivity contribution in [1.82, 2.24) is 4.41 Å². The number of carbonyl (C=O) groups excluding carboxylic acids is 1. The summed E-state index contributed by atoms with van der Waals surface area (Å²) in [7, 11) is -4.55. The summed E-state index contributed by atoms with van der Waals surface area (Å²) in [5, 5.41) is 23.5. The highest BCUT2D eigenvalue weighted by molar-refractivity contribution is 7.89. The van der Waals surface area contributed by atoms with Gasteiger partial charge in [0.15, 0.2) is 5.54 Å². The molecule has 0 N–H and O–H groups in total. The molecule has 0 fully saturated rings. The van der Waals surface area contributed by atoms with Gasteiger partial charge in [-0.15, -0.1) is 5.11 Å². The van der Waals surface area contributed by atoms with Gasteiger partial charge in [-0.05, 0) is 71.8 Å². The molecule has 0 amide bonds. The number of aryl methyl sites for hydroxylation is 1. The molecular formula is C29H38N3O5S-. The Balaban J connectivity index is 2.05. The summed E-state index contributed by atoms with van der Waals surface area (Å²) in [4.78, 5) is 13.5. The van der Waals surface area contributed by atoms with Crippen LogP contribution in [0.15, 0.2) is 51.6 Å². The second-order valence-electron chi connectivity index (χ2n) is 11.2. The second-order valence-corrected chi connectivity index (χ2v) is 12.9. The number of hydrogen-bond acceptors (Lipinski definition) is 7. The third kappa shape index (κ3) is 4.14. The zero-order chi connectivity index (χ0) is 28.0. The Bertz CT molecular complexity index is 1340. The molecule has 4 rings (SSSR count). The van der Waals surface area contributed by atoms with E-state index in [0.717, 1.165) is 5.56 Å². The molecule has 38 heavy (non-hydrogen) atoms. The molecule has 2 atom stereocenters. The van der Waals surface area contributed by atoms with Crippen LogP contribution in [0.2, 0.25) is 0 Å². The van der Waals surface area contributed by atoms with Crippen molar-refractivity contribution in [2.75, 3.05) is 6.61 Å². The van der Waals surface area contributed by atoms with Crippen LogP contribution in [0.4, 0.5) is 0 Å². The highest BCUT2D eigenvalue weighted by atomic mass is 32.2. The minimum Gasteiger partial charge on any atom is -0.826 e. The van der Waals surface area contributed by atoms with Crippen molar-refractivity contribution < 1.29 is 23.1 Å². The van der Waals surface area contributed by atoms with E-state index >= 15 is 5.11 Å². The lowest BCUT2D eigenvalue weighted by molar-refractivity contribution is -0.527. The van der Waals surface area contributed by atoms with Crippen molar-refractivity contribution >= 4 is 16.0 Å². The van der Waals surface area contributed by atoms with Gasteiger partial charge >= 0.3 is 5.97 Å². The average Bonchev–Trinajstić information content (AvgIpc) is 3.11. The summed E-state index contributed by atoms with van der Waals surface area (Å²) in [5.74, 6) is -0.954. The highest BCUT2D eigenvalue weighted by Crippen LogP contribution is 2.52. The molecule has 8 nitrogen and oxygen atoms in total. The van der Waals surface area contributed by atoms with Gasteiger partial charge in [-0.3, -0.25) is 0 Å². The minimum atomic E-state index is -4.55. The van der Waals surface area contributed by atoms with Gasteiger partial charge in [0.05, 0.1) is 17.2 Å². The lowest BCUT2D eigenvalue weighted by atomic mass is 9.80. The summed E-state index contributed by atoms with van der Waals surface area (Å²) >= 11 is 0. The molecule has 9 heteroatoms. The van der Waals surface area contributed by atoms with Crippen LogP contribution in [-0.2, 0) is 31.7 Å². The highest BCUT2D eigenvalue weighted by Gasteiger charge is 2.63. The first-order valence-corrected chi connectivity index (χ1v) is 14.9.